The Kier molecular flexibility index (Phi) is 5.02. The number of carboxylic acids is 1. The van der Waals surface area contributed by atoms with Gasteiger partial charge in [0, 0.05) is 12.1 Å². The third kappa shape index (κ3) is 5.49. The molecule has 0 saturated carbocycles. The lowest BCUT2D eigenvalue weighted by molar-refractivity contribution is 0.0697. The smallest absolute Gasteiger partial charge is 0.335 e. The van der Waals surface area contributed by atoms with Gasteiger partial charge in [0.2, 0.25) is 10.0 Å². The molecule has 1 aromatic carbocycles. The average molecular weight is 286 g/mol. The van der Waals surface area contributed by atoms with Gasteiger partial charge in [0.1, 0.15) is 0 Å². The molecular formula is C11H14N2O5S. The van der Waals surface area contributed by atoms with Crippen LogP contribution in [0.3, 0.4) is 0 Å². The van der Waals surface area contributed by atoms with Crippen molar-refractivity contribution in [3.8, 4) is 0 Å². The van der Waals surface area contributed by atoms with E-state index in [9.17, 15) is 18.0 Å². The van der Waals surface area contributed by atoms with Crippen molar-refractivity contribution in [3.05, 3.63) is 35.4 Å². The molecule has 0 saturated heterocycles. The van der Waals surface area contributed by atoms with Gasteiger partial charge in [-0.1, -0.05) is 6.07 Å². The van der Waals surface area contributed by atoms with Crippen LogP contribution in [0.4, 0.5) is 0 Å². The molecule has 1 rings (SSSR count). The second kappa shape index (κ2) is 6.30. The standard InChI is InChI=1S/C11H14N2O5S/c12-19(17,18)6-2-5-13-10(14)8-3-1-4-9(7-8)11(15)16/h1,3-4,7H,2,5-6H2,(H,13,14)(H,15,16)(H2,12,17,18). The molecule has 0 radical (unpaired) electrons. The molecular weight excluding hydrogens is 272 g/mol. The maximum absolute atomic E-state index is 11.7. The first-order valence-corrected chi connectivity index (χ1v) is 7.13. The minimum atomic E-state index is -3.53. The van der Waals surface area contributed by atoms with Gasteiger partial charge in [-0.3, -0.25) is 4.79 Å². The van der Waals surface area contributed by atoms with Crippen LogP contribution in [0.5, 0.6) is 0 Å². The predicted molar refractivity (Wildman–Crippen MR) is 68.3 cm³/mol. The van der Waals surface area contributed by atoms with Crippen molar-refractivity contribution in [2.45, 2.75) is 6.42 Å². The van der Waals surface area contributed by atoms with Gasteiger partial charge in [0.05, 0.1) is 11.3 Å². The lowest BCUT2D eigenvalue weighted by Gasteiger charge is -2.05. The van der Waals surface area contributed by atoms with Crippen molar-refractivity contribution in [3.63, 3.8) is 0 Å². The van der Waals surface area contributed by atoms with E-state index in [-0.39, 0.29) is 29.8 Å². The van der Waals surface area contributed by atoms with E-state index in [4.69, 9.17) is 10.2 Å². The highest BCUT2D eigenvalue weighted by Gasteiger charge is 2.09. The zero-order chi connectivity index (χ0) is 14.5. The summed E-state index contributed by atoms with van der Waals surface area (Å²) in [7, 11) is -3.53. The van der Waals surface area contributed by atoms with Crippen LogP contribution in [0, 0.1) is 0 Å². The van der Waals surface area contributed by atoms with Crippen molar-refractivity contribution in [2.75, 3.05) is 12.3 Å². The molecule has 19 heavy (non-hydrogen) atoms. The SMILES string of the molecule is NS(=O)(=O)CCCNC(=O)c1cccc(C(=O)O)c1. The zero-order valence-corrected chi connectivity index (χ0v) is 10.8. The minimum absolute atomic E-state index is 0.0113. The number of carbonyl (C=O) groups is 2. The number of hydrogen-bond donors (Lipinski definition) is 3. The Balaban J connectivity index is 2.54. The summed E-state index contributed by atoms with van der Waals surface area (Å²) in [5.74, 6) is -1.80. The maximum atomic E-state index is 11.7. The Bertz CT molecular complexity index is 583. The van der Waals surface area contributed by atoms with E-state index in [0.717, 1.165) is 0 Å². The van der Waals surface area contributed by atoms with Gasteiger partial charge in [-0.15, -0.1) is 0 Å². The lowest BCUT2D eigenvalue weighted by Crippen LogP contribution is -2.27. The third-order valence-corrected chi connectivity index (χ3v) is 3.12. The molecule has 0 heterocycles. The van der Waals surface area contributed by atoms with E-state index in [0.29, 0.717) is 0 Å². The van der Waals surface area contributed by atoms with Crippen molar-refractivity contribution in [1.82, 2.24) is 5.32 Å². The molecule has 0 atom stereocenters. The molecule has 0 fully saturated rings. The summed E-state index contributed by atoms with van der Waals surface area (Å²) in [5.41, 5.74) is 0.215. The Morgan fingerprint density at radius 3 is 2.47 bits per heavy atom. The first-order chi connectivity index (χ1) is 8.79. The minimum Gasteiger partial charge on any atom is -0.478 e. The summed E-state index contributed by atoms with van der Waals surface area (Å²) >= 11 is 0. The summed E-state index contributed by atoms with van der Waals surface area (Å²) in [6.07, 6.45) is 0.198. The van der Waals surface area contributed by atoms with Crippen LogP contribution in [0.15, 0.2) is 24.3 Å². The normalized spacial score (nSPS) is 11.0. The maximum Gasteiger partial charge on any atom is 0.335 e. The van der Waals surface area contributed by atoms with Gasteiger partial charge in [-0.05, 0) is 24.6 Å². The van der Waals surface area contributed by atoms with E-state index in [1.165, 1.54) is 24.3 Å². The number of rotatable bonds is 6. The van der Waals surface area contributed by atoms with Gasteiger partial charge in [-0.25, -0.2) is 18.4 Å². The van der Waals surface area contributed by atoms with E-state index in [1.807, 2.05) is 0 Å². The first-order valence-electron chi connectivity index (χ1n) is 5.41. The predicted octanol–water partition coefficient (Wildman–Crippen LogP) is -0.207. The first kappa shape index (κ1) is 15.1. The van der Waals surface area contributed by atoms with Crippen LogP contribution in [-0.4, -0.2) is 37.7 Å². The van der Waals surface area contributed by atoms with Crippen LogP contribution in [0.2, 0.25) is 0 Å². The largest absolute Gasteiger partial charge is 0.478 e. The molecule has 1 amide bonds. The Hall–Kier alpha value is -1.93. The lowest BCUT2D eigenvalue weighted by atomic mass is 10.1. The van der Waals surface area contributed by atoms with Gasteiger partial charge in [0.15, 0.2) is 0 Å². The quantitative estimate of drug-likeness (QED) is 0.624. The molecule has 0 spiro atoms. The Morgan fingerprint density at radius 2 is 1.89 bits per heavy atom. The summed E-state index contributed by atoms with van der Waals surface area (Å²) in [6, 6.07) is 5.56. The molecule has 0 aliphatic carbocycles. The molecule has 7 nitrogen and oxygen atoms in total. The number of amides is 1. The highest BCUT2D eigenvalue weighted by molar-refractivity contribution is 7.89. The number of nitrogens with one attached hydrogen (secondary N) is 1. The molecule has 8 heteroatoms. The van der Waals surface area contributed by atoms with Gasteiger partial charge >= 0.3 is 5.97 Å². The average Bonchev–Trinajstić information content (AvgIpc) is 2.33. The summed E-state index contributed by atoms with van der Waals surface area (Å²) in [6.45, 7) is 0.145. The van der Waals surface area contributed by atoms with E-state index < -0.39 is 21.9 Å². The second-order valence-electron chi connectivity index (χ2n) is 3.86. The third-order valence-electron chi connectivity index (χ3n) is 2.26. The Morgan fingerprint density at radius 1 is 1.26 bits per heavy atom. The number of primary sulfonamides is 1. The van der Waals surface area contributed by atoms with Crippen molar-refractivity contribution < 1.29 is 23.1 Å². The van der Waals surface area contributed by atoms with E-state index in [1.54, 1.807) is 0 Å². The highest BCUT2D eigenvalue weighted by atomic mass is 32.2. The zero-order valence-electron chi connectivity index (χ0n) is 10.00. The number of carboxylic acid groups (broad SMARTS) is 1. The number of aromatic carboxylic acids is 1. The summed E-state index contributed by atoms with van der Waals surface area (Å²) < 4.78 is 21.3. The fourth-order valence-corrected chi connectivity index (χ4v) is 1.92. The van der Waals surface area contributed by atoms with Crippen molar-refractivity contribution >= 4 is 21.9 Å². The van der Waals surface area contributed by atoms with Crippen molar-refractivity contribution in [1.29, 1.82) is 0 Å². The summed E-state index contributed by atoms with van der Waals surface area (Å²) in [4.78, 5) is 22.4. The topological polar surface area (TPSA) is 127 Å². The van der Waals surface area contributed by atoms with Gasteiger partial charge in [0.25, 0.3) is 5.91 Å². The van der Waals surface area contributed by atoms with E-state index >= 15 is 0 Å². The van der Waals surface area contributed by atoms with Crippen LogP contribution < -0.4 is 10.5 Å². The Labute approximate surface area is 110 Å². The van der Waals surface area contributed by atoms with Crippen LogP contribution in [-0.2, 0) is 10.0 Å². The number of sulfonamides is 1. The van der Waals surface area contributed by atoms with Crippen LogP contribution in [0.1, 0.15) is 27.1 Å². The number of hydrogen-bond acceptors (Lipinski definition) is 4. The molecule has 0 aromatic heterocycles. The number of carbonyl (C=O) groups excluding carboxylic acids is 1. The van der Waals surface area contributed by atoms with E-state index in [2.05, 4.69) is 5.32 Å². The summed E-state index contributed by atoms with van der Waals surface area (Å²) in [5, 5.41) is 16.1. The van der Waals surface area contributed by atoms with Gasteiger partial charge < -0.3 is 10.4 Å². The fourth-order valence-electron chi connectivity index (χ4n) is 1.37. The number of benzene rings is 1. The highest BCUT2D eigenvalue weighted by Crippen LogP contribution is 2.05. The fraction of sp³-hybridized carbons (Fsp3) is 0.273. The molecule has 0 aliphatic heterocycles. The molecule has 104 valence electrons. The molecule has 1 aromatic rings. The van der Waals surface area contributed by atoms with Crippen LogP contribution >= 0.6 is 0 Å². The van der Waals surface area contributed by atoms with Crippen molar-refractivity contribution in [2.24, 2.45) is 5.14 Å². The number of nitrogens with two attached hydrogens (primary N) is 1. The monoisotopic (exact) mass is 286 g/mol. The molecule has 0 aliphatic rings. The second-order valence-corrected chi connectivity index (χ2v) is 5.60. The molecule has 4 N–H and O–H groups in total. The van der Waals surface area contributed by atoms with Gasteiger partial charge in [-0.2, -0.15) is 0 Å². The molecule has 0 unspecified atom stereocenters. The molecule has 0 bridgehead atoms. The van der Waals surface area contributed by atoms with Crippen LogP contribution in [0.25, 0.3) is 0 Å².